The van der Waals surface area contributed by atoms with Crippen molar-refractivity contribution in [3.63, 3.8) is 0 Å². The van der Waals surface area contributed by atoms with Gasteiger partial charge in [-0.25, -0.2) is 0 Å². The van der Waals surface area contributed by atoms with Crippen LogP contribution in [0.15, 0.2) is 12.1 Å². The average Bonchev–Trinajstić information content (AvgIpc) is 2.92. The van der Waals surface area contributed by atoms with Crippen molar-refractivity contribution in [3.8, 4) is 17.2 Å². The van der Waals surface area contributed by atoms with Crippen LogP contribution in [-0.2, 0) is 9.53 Å². The number of carbonyl (C=O) groups excluding carboxylic acids is 1. The molecule has 1 saturated heterocycles. The predicted octanol–water partition coefficient (Wildman–Crippen LogP) is 3.38. The summed E-state index contributed by atoms with van der Waals surface area (Å²) in [5, 5.41) is 3.18. The fourth-order valence-electron chi connectivity index (χ4n) is 4.67. The summed E-state index contributed by atoms with van der Waals surface area (Å²) in [6.45, 7) is 2.85. The molecule has 4 atom stereocenters. The minimum Gasteiger partial charge on any atom is -0.493 e. The molecule has 0 aromatic heterocycles. The van der Waals surface area contributed by atoms with Crippen molar-refractivity contribution >= 4 is 5.91 Å². The van der Waals surface area contributed by atoms with E-state index in [4.69, 9.17) is 18.9 Å². The van der Waals surface area contributed by atoms with Crippen molar-refractivity contribution in [1.82, 2.24) is 5.32 Å². The van der Waals surface area contributed by atoms with E-state index in [0.717, 1.165) is 31.2 Å². The molecule has 1 aromatic rings. The molecule has 0 bridgehead atoms. The van der Waals surface area contributed by atoms with Crippen LogP contribution in [0.25, 0.3) is 0 Å². The van der Waals surface area contributed by atoms with Crippen molar-refractivity contribution in [2.75, 3.05) is 20.3 Å². The smallest absolute Gasteiger partial charge is 0.217 e. The fraction of sp³-hybridized carbons (Fsp3) is 0.667. The maximum absolute atomic E-state index is 11.8. The quantitative estimate of drug-likeness (QED) is 0.877. The average molecular weight is 375 g/mol. The third kappa shape index (κ3) is 3.86. The van der Waals surface area contributed by atoms with Gasteiger partial charge in [0.25, 0.3) is 0 Å². The topological polar surface area (TPSA) is 66.0 Å². The SMILES string of the molecule is COc1cc([C@H]2C[C@@H](NC(C)=O)[C@@H]3CCCC[C@H]3O2)cc2c1OCCCO2. The first-order valence-electron chi connectivity index (χ1n) is 10.1. The Balaban J connectivity index is 1.63. The lowest BCUT2D eigenvalue weighted by Crippen LogP contribution is -2.50. The second-order valence-electron chi connectivity index (χ2n) is 7.76. The maximum atomic E-state index is 11.8. The molecular formula is C21H29NO5. The van der Waals surface area contributed by atoms with Gasteiger partial charge < -0.3 is 24.3 Å². The van der Waals surface area contributed by atoms with Crippen LogP contribution in [0.4, 0.5) is 0 Å². The Bertz CT molecular complexity index is 691. The second-order valence-corrected chi connectivity index (χ2v) is 7.76. The lowest BCUT2D eigenvalue weighted by molar-refractivity contribution is -0.131. The van der Waals surface area contributed by atoms with E-state index >= 15 is 0 Å². The summed E-state index contributed by atoms with van der Waals surface area (Å²) in [6, 6.07) is 4.15. The molecule has 0 spiro atoms. The molecule has 2 heterocycles. The molecule has 1 N–H and O–H groups in total. The Morgan fingerprint density at radius 3 is 2.78 bits per heavy atom. The van der Waals surface area contributed by atoms with E-state index in [9.17, 15) is 4.79 Å². The summed E-state index contributed by atoms with van der Waals surface area (Å²) < 4.78 is 23.8. The lowest BCUT2D eigenvalue weighted by atomic mass is 9.76. The van der Waals surface area contributed by atoms with Crippen molar-refractivity contribution < 1.29 is 23.7 Å². The Morgan fingerprint density at radius 2 is 1.96 bits per heavy atom. The molecule has 0 radical (unpaired) electrons. The van der Waals surface area contributed by atoms with Crippen molar-refractivity contribution in [1.29, 1.82) is 0 Å². The van der Waals surface area contributed by atoms with Gasteiger partial charge in [0.05, 0.1) is 32.5 Å². The number of hydrogen-bond donors (Lipinski definition) is 1. The maximum Gasteiger partial charge on any atom is 0.217 e. The number of hydrogen-bond acceptors (Lipinski definition) is 5. The van der Waals surface area contributed by atoms with Crippen LogP contribution in [0.1, 0.15) is 57.1 Å². The number of fused-ring (bicyclic) bond motifs is 2. The molecule has 27 heavy (non-hydrogen) atoms. The largest absolute Gasteiger partial charge is 0.493 e. The number of amides is 1. The van der Waals surface area contributed by atoms with Crippen LogP contribution < -0.4 is 19.5 Å². The van der Waals surface area contributed by atoms with Crippen LogP contribution in [0.3, 0.4) is 0 Å². The monoisotopic (exact) mass is 375 g/mol. The summed E-state index contributed by atoms with van der Waals surface area (Å²) in [7, 11) is 1.65. The Hall–Kier alpha value is -1.95. The summed E-state index contributed by atoms with van der Waals surface area (Å²) in [5.41, 5.74) is 1.02. The fourth-order valence-corrected chi connectivity index (χ4v) is 4.67. The third-order valence-electron chi connectivity index (χ3n) is 5.89. The van der Waals surface area contributed by atoms with Crippen molar-refractivity contribution in [2.45, 2.75) is 63.7 Å². The summed E-state index contributed by atoms with van der Waals surface area (Å²) in [6.07, 6.45) is 6.29. The molecule has 2 aliphatic heterocycles. The number of rotatable bonds is 3. The Kier molecular flexibility index (Phi) is 5.43. The van der Waals surface area contributed by atoms with Gasteiger partial charge in [-0.2, -0.15) is 0 Å². The molecule has 1 saturated carbocycles. The van der Waals surface area contributed by atoms with Crippen molar-refractivity contribution in [3.05, 3.63) is 17.7 Å². The zero-order chi connectivity index (χ0) is 18.8. The van der Waals surface area contributed by atoms with E-state index in [1.54, 1.807) is 14.0 Å². The van der Waals surface area contributed by atoms with E-state index in [-0.39, 0.29) is 24.2 Å². The number of ether oxygens (including phenoxy) is 4. The Labute approximate surface area is 160 Å². The van der Waals surface area contributed by atoms with E-state index in [1.807, 2.05) is 12.1 Å². The number of benzene rings is 1. The molecule has 148 valence electrons. The summed E-state index contributed by atoms with van der Waals surface area (Å²) >= 11 is 0. The molecule has 6 nitrogen and oxygen atoms in total. The van der Waals surface area contributed by atoms with E-state index in [2.05, 4.69) is 5.32 Å². The molecule has 1 aliphatic carbocycles. The molecule has 4 rings (SSSR count). The van der Waals surface area contributed by atoms with Gasteiger partial charge in [0.1, 0.15) is 0 Å². The summed E-state index contributed by atoms with van der Waals surface area (Å²) in [5.74, 6) is 2.49. The molecule has 6 heteroatoms. The van der Waals surface area contributed by atoms with Gasteiger partial charge in [0.2, 0.25) is 11.7 Å². The van der Waals surface area contributed by atoms with E-state index in [0.29, 0.717) is 36.4 Å². The van der Waals surface area contributed by atoms with E-state index in [1.165, 1.54) is 12.8 Å². The highest BCUT2D eigenvalue weighted by molar-refractivity contribution is 5.73. The normalized spacial score (nSPS) is 30.0. The van der Waals surface area contributed by atoms with Crippen LogP contribution in [0.5, 0.6) is 17.2 Å². The van der Waals surface area contributed by atoms with Crippen molar-refractivity contribution in [2.24, 2.45) is 5.92 Å². The number of carbonyl (C=O) groups is 1. The zero-order valence-electron chi connectivity index (χ0n) is 16.2. The molecule has 3 aliphatic rings. The first-order chi connectivity index (χ1) is 13.2. The van der Waals surface area contributed by atoms with Crippen LogP contribution in [0.2, 0.25) is 0 Å². The highest BCUT2D eigenvalue weighted by atomic mass is 16.5. The molecule has 0 unspecified atom stereocenters. The minimum atomic E-state index is -0.0905. The van der Waals surface area contributed by atoms with Crippen LogP contribution in [0, 0.1) is 5.92 Å². The third-order valence-corrected chi connectivity index (χ3v) is 5.89. The van der Waals surface area contributed by atoms with Gasteiger partial charge in [-0.3, -0.25) is 4.79 Å². The second kappa shape index (κ2) is 7.97. The first kappa shape index (κ1) is 18.4. The predicted molar refractivity (Wildman–Crippen MR) is 100 cm³/mol. The van der Waals surface area contributed by atoms with Crippen LogP contribution >= 0.6 is 0 Å². The lowest BCUT2D eigenvalue weighted by Gasteiger charge is -2.45. The molecule has 1 aromatic carbocycles. The van der Waals surface area contributed by atoms with E-state index < -0.39 is 0 Å². The van der Waals surface area contributed by atoms with Gasteiger partial charge in [-0.15, -0.1) is 0 Å². The molecular weight excluding hydrogens is 346 g/mol. The highest BCUT2D eigenvalue weighted by Gasteiger charge is 2.41. The molecule has 2 fully saturated rings. The van der Waals surface area contributed by atoms with Crippen LogP contribution in [-0.4, -0.2) is 38.4 Å². The highest BCUT2D eigenvalue weighted by Crippen LogP contribution is 2.46. The van der Waals surface area contributed by atoms with Gasteiger partial charge in [0, 0.05) is 25.3 Å². The minimum absolute atomic E-state index is 0.0289. The summed E-state index contributed by atoms with van der Waals surface area (Å²) in [4.78, 5) is 11.8. The number of methoxy groups -OCH3 is 1. The standard InChI is InChI=1S/C21H29NO5/c1-13(23)22-16-12-18(27-17-7-4-3-6-15(16)17)14-10-19(24-2)21-20(11-14)25-8-5-9-26-21/h10-11,15-18H,3-9,12H2,1-2H3,(H,22,23)/t15-,16+,17+,18+/m0/s1. The van der Waals surface area contributed by atoms with Gasteiger partial charge in [-0.1, -0.05) is 12.8 Å². The van der Waals surface area contributed by atoms with Gasteiger partial charge in [-0.05, 0) is 37.0 Å². The number of nitrogens with one attached hydrogen (secondary N) is 1. The zero-order valence-corrected chi connectivity index (χ0v) is 16.2. The first-order valence-corrected chi connectivity index (χ1v) is 10.1. The Morgan fingerprint density at radius 1 is 1.15 bits per heavy atom. The van der Waals surface area contributed by atoms with Gasteiger partial charge in [0.15, 0.2) is 11.5 Å². The van der Waals surface area contributed by atoms with Gasteiger partial charge >= 0.3 is 0 Å². The molecule has 1 amide bonds.